The quantitative estimate of drug-likeness (QED) is 0.462. The van der Waals surface area contributed by atoms with E-state index in [-0.39, 0.29) is 23.4 Å². The minimum atomic E-state index is -0.350. The Balaban J connectivity index is 1.23. The van der Waals surface area contributed by atoms with Crippen molar-refractivity contribution in [2.75, 3.05) is 25.0 Å². The Morgan fingerprint density at radius 2 is 1.83 bits per heavy atom. The van der Waals surface area contributed by atoms with Crippen LogP contribution < -0.4 is 15.4 Å². The maximum atomic E-state index is 12.5. The summed E-state index contributed by atoms with van der Waals surface area (Å²) in [5, 5.41) is 14.7. The highest BCUT2D eigenvalue weighted by Gasteiger charge is 2.18. The number of ether oxygens (including phenoxy) is 1. The largest absolute Gasteiger partial charge is 0.486 e. The van der Waals surface area contributed by atoms with Gasteiger partial charge < -0.3 is 15.4 Å². The van der Waals surface area contributed by atoms with Crippen LogP contribution in [0, 0.1) is 6.92 Å². The molecule has 1 aliphatic heterocycles. The topological polar surface area (TPSA) is 96.5 Å². The summed E-state index contributed by atoms with van der Waals surface area (Å²) < 4.78 is 5.70. The Labute approximate surface area is 209 Å². The first kappa shape index (κ1) is 24.8. The molecule has 35 heavy (non-hydrogen) atoms. The zero-order chi connectivity index (χ0) is 24.6. The number of likely N-dealkylation sites (tertiary alicyclic amines) is 1. The molecule has 184 valence electrons. The maximum Gasteiger partial charge on any atom is 0.286 e. The number of piperidine rings is 1. The molecule has 0 spiro atoms. The molecule has 1 saturated heterocycles. The van der Waals surface area contributed by atoms with Crippen molar-refractivity contribution in [2.24, 2.45) is 0 Å². The number of carbonyl (C=O) groups excluding carboxylic acids is 2. The van der Waals surface area contributed by atoms with E-state index in [4.69, 9.17) is 4.74 Å². The fourth-order valence-electron chi connectivity index (χ4n) is 3.98. The van der Waals surface area contributed by atoms with Crippen LogP contribution in [0.15, 0.2) is 48.5 Å². The summed E-state index contributed by atoms with van der Waals surface area (Å²) in [6, 6.07) is 15.1. The van der Waals surface area contributed by atoms with Crippen molar-refractivity contribution in [1.82, 2.24) is 20.4 Å². The van der Waals surface area contributed by atoms with Crippen molar-refractivity contribution in [3.63, 3.8) is 0 Å². The highest BCUT2D eigenvalue weighted by molar-refractivity contribution is 7.13. The van der Waals surface area contributed by atoms with Crippen molar-refractivity contribution < 1.29 is 14.3 Å². The molecule has 2 N–H and O–H groups in total. The van der Waals surface area contributed by atoms with Crippen LogP contribution in [0.3, 0.4) is 0 Å². The molecule has 9 heteroatoms. The third-order valence-electron chi connectivity index (χ3n) is 6.07. The number of nitrogens with zero attached hydrogens (tertiary/aromatic N) is 3. The standard InChI is InChI=1S/C26H31N5O3S/c1-18-6-12-22(13-7-18)34-17-23-29-30-26(35-23)25(33)28-21-10-8-20(9-11-21)24(32)27-14-16-31-15-4-3-5-19(31)2/h6-13,19H,3-5,14-17H2,1-2H3,(H,27,32)(H,28,33). The number of carbonyl (C=O) groups is 2. The van der Waals surface area contributed by atoms with Crippen LogP contribution in [0.1, 0.15) is 56.9 Å². The van der Waals surface area contributed by atoms with E-state index in [2.05, 4.69) is 32.7 Å². The molecule has 0 bridgehead atoms. The lowest BCUT2D eigenvalue weighted by Gasteiger charge is -2.33. The number of nitrogens with one attached hydrogen (secondary N) is 2. The Morgan fingerprint density at radius 3 is 2.57 bits per heavy atom. The SMILES string of the molecule is Cc1ccc(OCc2nnc(C(=O)Nc3ccc(C(=O)NCCN4CCCCC4C)cc3)s2)cc1. The van der Waals surface area contributed by atoms with Crippen LogP contribution in [0.25, 0.3) is 0 Å². The van der Waals surface area contributed by atoms with E-state index in [1.165, 1.54) is 30.6 Å². The smallest absolute Gasteiger partial charge is 0.286 e. The van der Waals surface area contributed by atoms with Gasteiger partial charge in [-0.25, -0.2) is 0 Å². The average molecular weight is 494 g/mol. The van der Waals surface area contributed by atoms with Gasteiger partial charge in [0.25, 0.3) is 11.8 Å². The van der Waals surface area contributed by atoms with Gasteiger partial charge in [0.2, 0.25) is 5.01 Å². The van der Waals surface area contributed by atoms with Crippen molar-refractivity contribution in [1.29, 1.82) is 0 Å². The number of rotatable bonds is 9. The van der Waals surface area contributed by atoms with E-state index in [0.717, 1.165) is 24.4 Å². The second-order valence-electron chi connectivity index (χ2n) is 8.77. The average Bonchev–Trinajstić information content (AvgIpc) is 3.35. The van der Waals surface area contributed by atoms with E-state index < -0.39 is 0 Å². The molecule has 0 saturated carbocycles. The molecular weight excluding hydrogens is 462 g/mol. The number of aryl methyl sites for hydroxylation is 1. The van der Waals surface area contributed by atoms with Crippen LogP contribution in [0.4, 0.5) is 5.69 Å². The lowest BCUT2D eigenvalue weighted by Crippen LogP contribution is -2.42. The van der Waals surface area contributed by atoms with Crippen molar-refractivity contribution in [3.05, 3.63) is 69.7 Å². The summed E-state index contributed by atoms with van der Waals surface area (Å²) in [7, 11) is 0. The predicted molar refractivity (Wildman–Crippen MR) is 137 cm³/mol. The second-order valence-corrected chi connectivity index (χ2v) is 9.83. The molecule has 2 aromatic carbocycles. The van der Waals surface area contributed by atoms with Crippen LogP contribution in [-0.4, -0.2) is 52.6 Å². The van der Waals surface area contributed by atoms with Crippen LogP contribution >= 0.6 is 11.3 Å². The fourth-order valence-corrected chi connectivity index (χ4v) is 4.63. The van der Waals surface area contributed by atoms with E-state index in [1.807, 2.05) is 31.2 Å². The molecule has 1 unspecified atom stereocenters. The summed E-state index contributed by atoms with van der Waals surface area (Å²) >= 11 is 1.18. The van der Waals surface area contributed by atoms with Crippen molar-refractivity contribution in [3.8, 4) is 5.75 Å². The van der Waals surface area contributed by atoms with E-state index in [9.17, 15) is 9.59 Å². The van der Waals surface area contributed by atoms with Crippen molar-refractivity contribution >= 4 is 28.8 Å². The van der Waals surface area contributed by atoms with Crippen LogP contribution in [0.5, 0.6) is 5.75 Å². The minimum Gasteiger partial charge on any atom is -0.486 e. The van der Waals surface area contributed by atoms with Gasteiger partial charge in [-0.3, -0.25) is 14.5 Å². The molecule has 0 radical (unpaired) electrons. The highest BCUT2D eigenvalue weighted by Crippen LogP contribution is 2.18. The minimum absolute atomic E-state index is 0.116. The molecule has 0 aliphatic carbocycles. The third-order valence-corrected chi connectivity index (χ3v) is 6.97. The first-order chi connectivity index (χ1) is 17.0. The number of amides is 2. The van der Waals surface area contributed by atoms with Gasteiger partial charge in [0, 0.05) is 30.4 Å². The summed E-state index contributed by atoms with van der Waals surface area (Å²) in [4.78, 5) is 27.4. The van der Waals surface area contributed by atoms with Gasteiger partial charge in [-0.2, -0.15) is 0 Å². The second kappa shape index (κ2) is 11.9. The number of benzene rings is 2. The normalized spacial score (nSPS) is 16.0. The van der Waals surface area contributed by atoms with Gasteiger partial charge in [-0.15, -0.1) is 10.2 Å². The molecule has 1 fully saturated rings. The molecule has 3 aromatic rings. The monoisotopic (exact) mass is 493 g/mol. The molecule has 1 aromatic heterocycles. The van der Waals surface area contributed by atoms with E-state index >= 15 is 0 Å². The zero-order valence-corrected chi connectivity index (χ0v) is 20.9. The van der Waals surface area contributed by atoms with Gasteiger partial charge in [0.1, 0.15) is 12.4 Å². The van der Waals surface area contributed by atoms with Gasteiger partial charge >= 0.3 is 0 Å². The van der Waals surface area contributed by atoms with Crippen LogP contribution in [0.2, 0.25) is 0 Å². The summed E-state index contributed by atoms with van der Waals surface area (Å²) in [5.74, 6) is 0.272. The van der Waals surface area contributed by atoms with Gasteiger partial charge in [-0.1, -0.05) is 35.5 Å². The van der Waals surface area contributed by atoms with Gasteiger partial charge in [0.05, 0.1) is 0 Å². The fraction of sp³-hybridized carbons (Fsp3) is 0.385. The molecular formula is C26H31N5O3S. The Hall–Kier alpha value is -3.30. The Morgan fingerprint density at radius 1 is 1.06 bits per heavy atom. The Bertz CT molecular complexity index is 1130. The molecule has 1 atom stereocenters. The molecule has 8 nitrogen and oxygen atoms in total. The van der Waals surface area contributed by atoms with E-state index in [0.29, 0.717) is 28.8 Å². The van der Waals surface area contributed by atoms with E-state index in [1.54, 1.807) is 24.3 Å². The zero-order valence-electron chi connectivity index (χ0n) is 20.1. The van der Waals surface area contributed by atoms with Gasteiger partial charge in [0.15, 0.2) is 5.01 Å². The summed E-state index contributed by atoms with van der Waals surface area (Å²) in [6.07, 6.45) is 3.74. The lowest BCUT2D eigenvalue weighted by atomic mass is 10.0. The molecule has 4 rings (SSSR count). The maximum absolute atomic E-state index is 12.5. The number of hydrogen-bond donors (Lipinski definition) is 2. The summed E-state index contributed by atoms with van der Waals surface area (Å²) in [6.45, 7) is 7.08. The van der Waals surface area contributed by atoms with Gasteiger partial charge in [-0.05, 0) is 69.6 Å². The third kappa shape index (κ3) is 7.10. The van der Waals surface area contributed by atoms with Crippen LogP contribution in [-0.2, 0) is 6.61 Å². The van der Waals surface area contributed by atoms with Crippen molar-refractivity contribution in [2.45, 2.75) is 45.8 Å². The summed E-state index contributed by atoms with van der Waals surface area (Å²) in [5.41, 5.74) is 2.30. The molecule has 1 aliphatic rings. The predicted octanol–water partition coefficient (Wildman–Crippen LogP) is 4.28. The molecule has 2 heterocycles. The first-order valence-electron chi connectivity index (χ1n) is 11.9. The number of aromatic nitrogens is 2. The first-order valence-corrected chi connectivity index (χ1v) is 12.7. The number of anilines is 1. The Kier molecular flexibility index (Phi) is 8.44. The highest BCUT2D eigenvalue weighted by atomic mass is 32.1. The molecule has 2 amide bonds. The number of hydrogen-bond acceptors (Lipinski definition) is 7. The lowest BCUT2D eigenvalue weighted by molar-refractivity contribution is 0.0938.